The van der Waals surface area contributed by atoms with Crippen molar-refractivity contribution in [2.45, 2.75) is 27.7 Å². The van der Waals surface area contributed by atoms with Crippen molar-refractivity contribution in [2.24, 2.45) is 0 Å². The van der Waals surface area contributed by atoms with Gasteiger partial charge in [0.15, 0.2) is 11.5 Å². The summed E-state index contributed by atoms with van der Waals surface area (Å²) in [4.78, 5) is 6.54. The molecule has 1 aliphatic rings. The second-order valence-corrected chi connectivity index (χ2v) is 8.48. The highest BCUT2D eigenvalue weighted by Gasteiger charge is 2.30. The van der Waals surface area contributed by atoms with Crippen molar-refractivity contribution in [1.82, 2.24) is 0 Å². The molecule has 4 rings (SSSR count). The van der Waals surface area contributed by atoms with E-state index in [2.05, 4.69) is 61.8 Å². The number of methoxy groups -OCH3 is 1. The van der Waals surface area contributed by atoms with Crippen LogP contribution in [0.4, 0.5) is 22.7 Å². The van der Waals surface area contributed by atoms with Crippen molar-refractivity contribution in [1.29, 1.82) is 0 Å². The Hall–Kier alpha value is -3.45. The molecule has 1 heterocycles. The van der Waals surface area contributed by atoms with Crippen LogP contribution in [0.15, 0.2) is 60.7 Å². The largest absolute Gasteiger partial charge is 0.497 e. The Kier molecular flexibility index (Phi) is 7.66. The molecule has 0 aliphatic carbocycles. The number of ether oxygens (including phenoxy) is 3. The van der Waals surface area contributed by atoms with E-state index in [1.807, 2.05) is 41.3 Å². The van der Waals surface area contributed by atoms with Crippen LogP contribution in [-0.4, -0.2) is 38.5 Å². The molecule has 3 aromatic rings. The van der Waals surface area contributed by atoms with Gasteiger partial charge in [-0.25, -0.2) is 0 Å². The average Bonchev–Trinajstić information content (AvgIpc) is 2.89. The van der Waals surface area contributed by atoms with E-state index in [-0.39, 0.29) is 0 Å². The van der Waals surface area contributed by atoms with Crippen LogP contribution in [0.1, 0.15) is 27.7 Å². The molecule has 0 amide bonds. The van der Waals surface area contributed by atoms with Gasteiger partial charge in [-0.15, -0.1) is 0 Å². The minimum atomic E-state index is 0.326. The number of benzene rings is 3. The van der Waals surface area contributed by atoms with Gasteiger partial charge in [-0.3, -0.25) is 4.90 Å². The average molecular weight is 492 g/mol. The summed E-state index contributed by atoms with van der Waals surface area (Å²) in [7, 11) is 1.64. The van der Waals surface area contributed by atoms with Crippen LogP contribution in [0.3, 0.4) is 0 Å². The summed E-state index contributed by atoms with van der Waals surface area (Å²) in [5, 5.41) is 0.326. The van der Waals surface area contributed by atoms with Crippen molar-refractivity contribution < 1.29 is 14.2 Å². The van der Waals surface area contributed by atoms with E-state index >= 15 is 0 Å². The lowest BCUT2D eigenvalue weighted by molar-refractivity contribution is 0.414. The molecule has 0 aromatic heterocycles. The molecule has 0 unspecified atom stereocenters. The monoisotopic (exact) mass is 491 g/mol. The van der Waals surface area contributed by atoms with Crippen LogP contribution in [0.2, 0.25) is 0 Å². The second-order valence-electron chi connectivity index (χ2n) is 8.13. The molecule has 0 fully saturated rings. The first kappa shape index (κ1) is 24.7. The number of nitrogens with zero attached hydrogens (tertiary/aromatic N) is 3. The molecule has 0 spiro atoms. The number of anilines is 4. The van der Waals surface area contributed by atoms with Gasteiger partial charge >= 0.3 is 0 Å². The van der Waals surface area contributed by atoms with Crippen molar-refractivity contribution in [3.05, 3.63) is 60.7 Å². The van der Waals surface area contributed by atoms with Gasteiger partial charge in [-0.05, 0) is 88.4 Å². The standard InChI is InChI=1S/C28H33N3O3S/c1-6-29(7-2)20-10-16-24-26(18-20)34-27-19-21(30(8-3)9-4)11-17-25(27)31(24)28(35)33-23-14-12-22(32-5)13-15-23/h10-19H,6-9H2,1-5H3. The molecule has 0 saturated heterocycles. The Labute approximate surface area is 213 Å². The zero-order chi connectivity index (χ0) is 24.9. The van der Waals surface area contributed by atoms with Crippen molar-refractivity contribution in [3.8, 4) is 23.0 Å². The van der Waals surface area contributed by atoms with Gasteiger partial charge in [0.25, 0.3) is 5.17 Å². The topological polar surface area (TPSA) is 37.4 Å². The fourth-order valence-corrected chi connectivity index (χ4v) is 4.64. The SMILES string of the molecule is CCN(CC)c1ccc2c(c1)Oc1cc(N(CC)CC)ccc1N2C(=S)Oc1ccc(OC)cc1. The molecule has 35 heavy (non-hydrogen) atoms. The predicted octanol–water partition coefficient (Wildman–Crippen LogP) is 7.00. The predicted molar refractivity (Wildman–Crippen MR) is 148 cm³/mol. The lowest BCUT2D eigenvalue weighted by Gasteiger charge is -2.34. The van der Waals surface area contributed by atoms with Crippen LogP contribution in [0.5, 0.6) is 23.0 Å². The summed E-state index contributed by atoms with van der Waals surface area (Å²) in [5.41, 5.74) is 3.92. The summed E-state index contributed by atoms with van der Waals surface area (Å²) in [6.07, 6.45) is 0. The minimum absolute atomic E-state index is 0.326. The van der Waals surface area contributed by atoms with Gasteiger partial charge in [-0.1, -0.05) is 0 Å². The maximum atomic E-state index is 6.47. The van der Waals surface area contributed by atoms with Gasteiger partial charge in [0.05, 0.1) is 18.5 Å². The first-order chi connectivity index (χ1) is 17.0. The van der Waals surface area contributed by atoms with Gasteiger partial charge in [-0.2, -0.15) is 0 Å². The van der Waals surface area contributed by atoms with Gasteiger partial charge in [0.1, 0.15) is 11.5 Å². The minimum Gasteiger partial charge on any atom is -0.497 e. The van der Waals surface area contributed by atoms with Crippen molar-refractivity contribution >= 4 is 40.1 Å². The van der Waals surface area contributed by atoms with E-state index in [0.717, 1.165) is 66.2 Å². The molecule has 0 N–H and O–H groups in total. The number of hydrogen-bond donors (Lipinski definition) is 0. The third-order valence-corrected chi connectivity index (χ3v) is 6.56. The highest BCUT2D eigenvalue weighted by molar-refractivity contribution is 7.80. The fourth-order valence-electron chi connectivity index (χ4n) is 4.34. The normalized spacial score (nSPS) is 11.7. The van der Waals surface area contributed by atoms with Gasteiger partial charge in [0, 0.05) is 49.7 Å². The first-order valence-electron chi connectivity index (χ1n) is 12.1. The summed E-state index contributed by atoms with van der Waals surface area (Å²) < 4.78 is 17.9. The lowest BCUT2D eigenvalue weighted by atomic mass is 10.1. The Morgan fingerprint density at radius 2 is 1.20 bits per heavy atom. The number of thiocarbonyl (C=S) groups is 1. The zero-order valence-electron chi connectivity index (χ0n) is 21.1. The summed E-state index contributed by atoms with van der Waals surface area (Å²) >= 11 is 5.83. The third-order valence-electron chi connectivity index (χ3n) is 6.29. The van der Waals surface area contributed by atoms with Crippen LogP contribution in [-0.2, 0) is 0 Å². The van der Waals surface area contributed by atoms with E-state index in [4.69, 9.17) is 26.4 Å². The molecular weight excluding hydrogens is 458 g/mol. The Bertz CT molecular complexity index is 1110. The number of rotatable bonds is 8. The molecule has 0 radical (unpaired) electrons. The zero-order valence-corrected chi connectivity index (χ0v) is 21.9. The summed E-state index contributed by atoms with van der Waals surface area (Å²) in [6, 6.07) is 19.9. The number of hydrogen-bond acceptors (Lipinski definition) is 6. The first-order valence-corrected chi connectivity index (χ1v) is 12.6. The van der Waals surface area contributed by atoms with Crippen LogP contribution in [0.25, 0.3) is 0 Å². The molecular formula is C28H33N3O3S. The lowest BCUT2D eigenvalue weighted by Crippen LogP contribution is -2.31. The molecule has 7 heteroatoms. The highest BCUT2D eigenvalue weighted by Crippen LogP contribution is 2.49. The molecule has 6 nitrogen and oxygen atoms in total. The van der Waals surface area contributed by atoms with E-state index in [1.54, 1.807) is 7.11 Å². The Balaban J connectivity index is 1.76. The maximum Gasteiger partial charge on any atom is 0.274 e. The second kappa shape index (κ2) is 10.9. The summed E-state index contributed by atoms with van der Waals surface area (Å²) in [6.45, 7) is 12.3. The Morgan fingerprint density at radius 3 is 1.63 bits per heavy atom. The molecule has 3 aromatic carbocycles. The van der Waals surface area contributed by atoms with Crippen molar-refractivity contribution in [2.75, 3.05) is 48.0 Å². The third kappa shape index (κ3) is 5.00. The Morgan fingerprint density at radius 1 is 0.743 bits per heavy atom. The van der Waals surface area contributed by atoms with Crippen LogP contribution < -0.4 is 28.9 Å². The van der Waals surface area contributed by atoms with E-state index in [9.17, 15) is 0 Å². The number of fused-ring (bicyclic) bond motifs is 2. The smallest absolute Gasteiger partial charge is 0.274 e. The molecule has 1 aliphatic heterocycles. The molecule has 0 bridgehead atoms. The molecule has 184 valence electrons. The maximum absolute atomic E-state index is 6.47. The van der Waals surface area contributed by atoms with E-state index in [1.165, 1.54) is 0 Å². The van der Waals surface area contributed by atoms with Crippen LogP contribution in [0, 0.1) is 0 Å². The van der Waals surface area contributed by atoms with Gasteiger partial charge in [0.2, 0.25) is 0 Å². The molecule has 0 saturated carbocycles. The highest BCUT2D eigenvalue weighted by atomic mass is 32.1. The van der Waals surface area contributed by atoms with Crippen LogP contribution >= 0.6 is 12.2 Å². The van der Waals surface area contributed by atoms with Gasteiger partial charge < -0.3 is 24.0 Å². The molecule has 0 atom stereocenters. The van der Waals surface area contributed by atoms with E-state index < -0.39 is 0 Å². The van der Waals surface area contributed by atoms with Crippen molar-refractivity contribution in [3.63, 3.8) is 0 Å². The van der Waals surface area contributed by atoms with E-state index in [0.29, 0.717) is 10.9 Å². The quantitative estimate of drug-likeness (QED) is 0.314. The summed E-state index contributed by atoms with van der Waals surface area (Å²) in [5.74, 6) is 2.90. The fraction of sp³-hybridized carbons (Fsp3) is 0.321.